The zero-order valence-electron chi connectivity index (χ0n) is 13.9. The van der Waals surface area contributed by atoms with Gasteiger partial charge in [0.1, 0.15) is 11.9 Å². The van der Waals surface area contributed by atoms with Crippen LogP contribution < -0.4 is 5.32 Å². The van der Waals surface area contributed by atoms with Gasteiger partial charge in [-0.3, -0.25) is 4.79 Å². The lowest BCUT2D eigenvalue weighted by Gasteiger charge is -2.35. The first-order valence-corrected chi connectivity index (χ1v) is 8.96. The molecule has 1 aromatic rings. The van der Waals surface area contributed by atoms with Crippen LogP contribution in [0.4, 0.5) is 5.82 Å². The maximum absolute atomic E-state index is 12.8. The summed E-state index contributed by atoms with van der Waals surface area (Å²) in [7, 11) is 0. The van der Waals surface area contributed by atoms with Gasteiger partial charge in [0.25, 0.3) is 0 Å². The van der Waals surface area contributed by atoms with Crippen LogP contribution in [0, 0.1) is 5.92 Å². The largest absolute Gasteiger partial charge is 0.377 e. The quantitative estimate of drug-likeness (QED) is 0.898. The van der Waals surface area contributed by atoms with E-state index in [1.807, 2.05) is 11.0 Å². The molecule has 4 rings (SSSR count). The molecule has 1 aromatic heterocycles. The van der Waals surface area contributed by atoms with Crippen molar-refractivity contribution in [1.82, 2.24) is 14.9 Å². The summed E-state index contributed by atoms with van der Waals surface area (Å²) in [5, 5.41) is 3.38. The number of aromatic nitrogens is 2. The van der Waals surface area contributed by atoms with Gasteiger partial charge in [-0.15, -0.1) is 0 Å². The lowest BCUT2D eigenvalue weighted by Crippen LogP contribution is -2.44. The summed E-state index contributed by atoms with van der Waals surface area (Å²) < 4.78 is 5.61. The van der Waals surface area contributed by atoms with Crippen LogP contribution in [0.25, 0.3) is 0 Å². The SMILES string of the molecule is O=C(C1=CCCC1)N1CCOC[C@@H]1c1nccc(NCC2CC2)n1. The minimum atomic E-state index is -0.199. The number of ether oxygens (including phenoxy) is 1. The highest BCUT2D eigenvalue weighted by Gasteiger charge is 2.32. The fourth-order valence-electron chi connectivity index (χ4n) is 3.31. The van der Waals surface area contributed by atoms with Gasteiger partial charge in [-0.1, -0.05) is 6.08 Å². The van der Waals surface area contributed by atoms with Crippen LogP contribution in [0.2, 0.25) is 0 Å². The summed E-state index contributed by atoms with van der Waals surface area (Å²) in [5.41, 5.74) is 0.935. The topological polar surface area (TPSA) is 67.4 Å². The maximum Gasteiger partial charge on any atom is 0.250 e. The summed E-state index contributed by atoms with van der Waals surface area (Å²) in [6.07, 6.45) is 9.41. The molecule has 0 spiro atoms. The van der Waals surface area contributed by atoms with E-state index in [9.17, 15) is 4.79 Å². The number of rotatable bonds is 5. The van der Waals surface area contributed by atoms with Crippen LogP contribution in [-0.4, -0.2) is 47.1 Å². The Morgan fingerprint density at radius 3 is 3.12 bits per heavy atom. The summed E-state index contributed by atoms with van der Waals surface area (Å²) >= 11 is 0. The lowest BCUT2D eigenvalue weighted by atomic mass is 10.1. The molecule has 0 bridgehead atoms. The van der Waals surface area contributed by atoms with E-state index < -0.39 is 0 Å². The van der Waals surface area contributed by atoms with E-state index in [2.05, 4.69) is 21.4 Å². The minimum Gasteiger partial charge on any atom is -0.377 e. The van der Waals surface area contributed by atoms with Gasteiger partial charge in [0.15, 0.2) is 5.82 Å². The molecule has 3 aliphatic rings. The molecule has 0 aromatic carbocycles. The third-order valence-electron chi connectivity index (χ3n) is 4.95. The van der Waals surface area contributed by atoms with Crippen molar-refractivity contribution < 1.29 is 9.53 Å². The number of nitrogens with zero attached hydrogens (tertiary/aromatic N) is 3. The van der Waals surface area contributed by atoms with Gasteiger partial charge >= 0.3 is 0 Å². The van der Waals surface area contributed by atoms with E-state index in [0.717, 1.165) is 43.1 Å². The number of nitrogens with one attached hydrogen (secondary N) is 1. The Kier molecular flexibility index (Phi) is 4.47. The van der Waals surface area contributed by atoms with Crippen LogP contribution in [0.5, 0.6) is 0 Å². The van der Waals surface area contributed by atoms with Gasteiger partial charge in [-0.25, -0.2) is 9.97 Å². The Morgan fingerprint density at radius 2 is 2.33 bits per heavy atom. The first kappa shape index (κ1) is 15.6. The first-order chi connectivity index (χ1) is 11.8. The van der Waals surface area contributed by atoms with Gasteiger partial charge in [0.05, 0.1) is 13.2 Å². The normalized spacial score (nSPS) is 23.9. The Labute approximate surface area is 142 Å². The molecule has 24 heavy (non-hydrogen) atoms. The standard InChI is InChI=1S/C18H24N4O2/c23-18(14-3-1-2-4-14)22-9-10-24-12-15(22)17-19-8-7-16(21-17)20-11-13-5-6-13/h3,7-8,13,15H,1-2,4-6,9-12H2,(H,19,20,21)/t15-/m1/s1. The van der Waals surface area contributed by atoms with Crippen molar-refractivity contribution in [1.29, 1.82) is 0 Å². The molecule has 1 aliphatic heterocycles. The van der Waals surface area contributed by atoms with Crippen molar-refractivity contribution in [2.24, 2.45) is 5.92 Å². The molecule has 6 heteroatoms. The van der Waals surface area contributed by atoms with E-state index >= 15 is 0 Å². The highest BCUT2D eigenvalue weighted by atomic mass is 16.5. The second-order valence-corrected chi connectivity index (χ2v) is 6.84. The summed E-state index contributed by atoms with van der Waals surface area (Å²) in [4.78, 5) is 23.8. The predicted octanol–water partition coefficient (Wildman–Crippen LogP) is 2.31. The predicted molar refractivity (Wildman–Crippen MR) is 90.5 cm³/mol. The third kappa shape index (κ3) is 3.43. The van der Waals surface area contributed by atoms with Gasteiger partial charge in [0.2, 0.25) is 5.91 Å². The van der Waals surface area contributed by atoms with Crippen molar-refractivity contribution in [3.63, 3.8) is 0 Å². The van der Waals surface area contributed by atoms with E-state index in [4.69, 9.17) is 4.74 Å². The van der Waals surface area contributed by atoms with Crippen LogP contribution in [0.1, 0.15) is 44.0 Å². The average Bonchev–Trinajstić information content (AvgIpc) is 3.31. The molecule has 6 nitrogen and oxygen atoms in total. The molecular formula is C18H24N4O2. The van der Waals surface area contributed by atoms with Crippen molar-refractivity contribution in [3.8, 4) is 0 Å². The van der Waals surface area contributed by atoms with Crippen LogP contribution in [-0.2, 0) is 9.53 Å². The lowest BCUT2D eigenvalue weighted by molar-refractivity contribution is -0.136. The maximum atomic E-state index is 12.8. The van der Waals surface area contributed by atoms with E-state index in [1.54, 1.807) is 6.20 Å². The van der Waals surface area contributed by atoms with Gasteiger partial charge in [-0.05, 0) is 44.1 Å². The second kappa shape index (κ2) is 6.89. The minimum absolute atomic E-state index is 0.126. The molecule has 2 heterocycles. The number of hydrogen-bond acceptors (Lipinski definition) is 5. The molecule has 1 amide bonds. The monoisotopic (exact) mass is 328 g/mol. The van der Waals surface area contributed by atoms with Crippen molar-refractivity contribution in [3.05, 3.63) is 29.7 Å². The molecule has 1 saturated carbocycles. The second-order valence-electron chi connectivity index (χ2n) is 6.84. The Bertz CT molecular complexity index is 642. The molecule has 0 radical (unpaired) electrons. The number of morpholine rings is 1. The number of amides is 1. The summed E-state index contributed by atoms with van der Waals surface area (Å²) in [6, 6.07) is 1.69. The molecule has 1 N–H and O–H groups in total. The van der Waals surface area contributed by atoms with Gasteiger partial charge in [0, 0.05) is 24.9 Å². The summed E-state index contributed by atoms with van der Waals surface area (Å²) in [6.45, 7) is 2.61. The van der Waals surface area contributed by atoms with Gasteiger partial charge in [-0.2, -0.15) is 0 Å². The van der Waals surface area contributed by atoms with Crippen LogP contribution in [0.3, 0.4) is 0 Å². The fourth-order valence-corrected chi connectivity index (χ4v) is 3.31. The van der Waals surface area contributed by atoms with Crippen LogP contribution in [0.15, 0.2) is 23.9 Å². The smallest absolute Gasteiger partial charge is 0.250 e. The molecule has 1 atom stereocenters. The highest BCUT2D eigenvalue weighted by molar-refractivity contribution is 5.94. The van der Waals surface area contributed by atoms with E-state index in [-0.39, 0.29) is 11.9 Å². The molecular weight excluding hydrogens is 304 g/mol. The molecule has 2 aliphatic carbocycles. The zero-order chi connectivity index (χ0) is 16.4. The van der Waals surface area contributed by atoms with E-state index in [0.29, 0.717) is 25.6 Å². The number of allylic oxidation sites excluding steroid dienone is 1. The number of hydrogen-bond donors (Lipinski definition) is 1. The first-order valence-electron chi connectivity index (χ1n) is 8.96. The molecule has 128 valence electrons. The van der Waals surface area contributed by atoms with Crippen LogP contribution >= 0.6 is 0 Å². The van der Waals surface area contributed by atoms with E-state index in [1.165, 1.54) is 12.8 Å². The average molecular weight is 328 g/mol. The molecule has 1 saturated heterocycles. The Balaban J connectivity index is 1.51. The zero-order valence-corrected chi connectivity index (χ0v) is 13.9. The highest BCUT2D eigenvalue weighted by Crippen LogP contribution is 2.30. The Hall–Kier alpha value is -1.95. The third-order valence-corrected chi connectivity index (χ3v) is 4.95. The fraction of sp³-hybridized carbons (Fsp3) is 0.611. The molecule has 0 unspecified atom stereocenters. The number of carbonyl (C=O) groups excluding carboxylic acids is 1. The van der Waals surface area contributed by atoms with Crippen molar-refractivity contribution in [2.45, 2.75) is 38.1 Å². The van der Waals surface area contributed by atoms with Gasteiger partial charge < -0.3 is 15.0 Å². The van der Waals surface area contributed by atoms with Crippen molar-refractivity contribution in [2.75, 3.05) is 31.6 Å². The summed E-state index contributed by atoms with van der Waals surface area (Å²) in [5.74, 6) is 2.42. The number of carbonyl (C=O) groups is 1. The Morgan fingerprint density at radius 1 is 1.42 bits per heavy atom. The molecule has 2 fully saturated rings. The van der Waals surface area contributed by atoms with Crippen molar-refractivity contribution >= 4 is 11.7 Å². The number of anilines is 1.